The van der Waals surface area contributed by atoms with Gasteiger partial charge < -0.3 is 0 Å². The Balaban J connectivity index is 1.13. The summed E-state index contributed by atoms with van der Waals surface area (Å²) in [7, 11) is 0. The van der Waals surface area contributed by atoms with Crippen LogP contribution >= 0.6 is 0 Å². The molecule has 3 atom stereocenters. The van der Waals surface area contributed by atoms with Crippen LogP contribution < -0.4 is 0 Å². The van der Waals surface area contributed by atoms with Gasteiger partial charge in [0.2, 0.25) is 0 Å². The third-order valence-electron chi connectivity index (χ3n) is 10.6. The van der Waals surface area contributed by atoms with Crippen LogP contribution in [0.3, 0.4) is 0 Å². The van der Waals surface area contributed by atoms with Gasteiger partial charge in [0.1, 0.15) is 5.82 Å². The minimum absolute atomic E-state index is 0.287. The van der Waals surface area contributed by atoms with E-state index in [-0.39, 0.29) is 5.92 Å². The van der Waals surface area contributed by atoms with Gasteiger partial charge in [-0.1, -0.05) is 165 Å². The molecule has 3 aromatic carbocycles. The number of rotatable bonds is 8. The number of benzene rings is 3. The summed E-state index contributed by atoms with van der Waals surface area (Å²) in [6.07, 6.45) is 29.0. The van der Waals surface area contributed by atoms with E-state index < -0.39 is 0 Å². The van der Waals surface area contributed by atoms with E-state index in [1.807, 2.05) is 13.0 Å². The molecule has 0 saturated heterocycles. The quantitative estimate of drug-likeness (QED) is 0.174. The Labute approximate surface area is 308 Å². The average Bonchev–Trinajstić information content (AvgIpc) is 3.18. The van der Waals surface area contributed by atoms with Crippen molar-refractivity contribution in [3.63, 3.8) is 0 Å². The Hall–Kier alpha value is -5.86. The molecule has 0 bridgehead atoms. The zero-order valence-corrected chi connectivity index (χ0v) is 30.3. The average molecular weight is 673 g/mol. The van der Waals surface area contributed by atoms with E-state index in [4.69, 9.17) is 9.97 Å². The van der Waals surface area contributed by atoms with Crippen LogP contribution in [0.4, 0.5) is 0 Å². The number of fused-ring (bicyclic) bond motifs is 3. The molecule has 52 heavy (non-hydrogen) atoms. The van der Waals surface area contributed by atoms with Crippen LogP contribution in [0.1, 0.15) is 49.8 Å². The van der Waals surface area contributed by atoms with Crippen molar-refractivity contribution in [2.45, 2.75) is 33.6 Å². The summed E-state index contributed by atoms with van der Waals surface area (Å²) in [5.41, 5.74) is 16.8. The Morgan fingerprint density at radius 2 is 1.54 bits per heavy atom. The van der Waals surface area contributed by atoms with E-state index in [1.165, 1.54) is 55.7 Å². The lowest BCUT2D eigenvalue weighted by Gasteiger charge is -2.36. The number of nitrogens with zero attached hydrogens (tertiary/aromatic N) is 2. The molecule has 4 aromatic rings. The molecule has 0 radical (unpaired) electrons. The molecule has 254 valence electrons. The maximum atomic E-state index is 5.16. The maximum Gasteiger partial charge on any atom is 0.134 e. The van der Waals surface area contributed by atoms with Crippen LogP contribution in [0.5, 0.6) is 0 Å². The summed E-state index contributed by atoms with van der Waals surface area (Å²) < 4.78 is 0. The van der Waals surface area contributed by atoms with Crippen molar-refractivity contribution >= 4 is 11.1 Å². The summed E-state index contributed by atoms with van der Waals surface area (Å²) in [4.78, 5) is 10.3. The molecule has 1 heterocycles. The summed E-state index contributed by atoms with van der Waals surface area (Å²) in [5, 5.41) is 0. The van der Waals surface area contributed by atoms with Crippen LogP contribution in [0.2, 0.25) is 0 Å². The van der Waals surface area contributed by atoms with Gasteiger partial charge in [-0.25, -0.2) is 9.97 Å². The minimum Gasteiger partial charge on any atom is -0.233 e. The first-order chi connectivity index (χ1) is 25.4. The van der Waals surface area contributed by atoms with E-state index >= 15 is 0 Å². The third-order valence-corrected chi connectivity index (χ3v) is 10.6. The maximum absolute atomic E-state index is 5.16. The topological polar surface area (TPSA) is 25.8 Å². The van der Waals surface area contributed by atoms with E-state index in [0.717, 1.165) is 34.8 Å². The first-order valence-corrected chi connectivity index (χ1v) is 18.5. The van der Waals surface area contributed by atoms with Crippen LogP contribution in [-0.2, 0) is 6.42 Å². The summed E-state index contributed by atoms with van der Waals surface area (Å²) in [5.74, 6) is 1.96. The number of hydrogen-bond acceptors (Lipinski definition) is 2. The molecule has 4 aliphatic carbocycles. The molecule has 0 fully saturated rings. The zero-order valence-electron chi connectivity index (χ0n) is 30.3. The van der Waals surface area contributed by atoms with Gasteiger partial charge in [0.05, 0.1) is 11.4 Å². The normalized spacial score (nSPS) is 20.6. The lowest BCUT2D eigenvalue weighted by Crippen LogP contribution is -2.24. The van der Waals surface area contributed by atoms with Gasteiger partial charge in [0.15, 0.2) is 0 Å². The van der Waals surface area contributed by atoms with Gasteiger partial charge in [0, 0.05) is 23.8 Å². The predicted octanol–water partition coefficient (Wildman–Crippen LogP) is 12.5. The third kappa shape index (κ3) is 6.77. The molecule has 2 nitrogen and oxygen atoms in total. The number of allylic oxidation sites excluding steroid dienone is 19. The molecule has 3 unspecified atom stereocenters. The van der Waals surface area contributed by atoms with E-state index in [0.29, 0.717) is 18.3 Å². The van der Waals surface area contributed by atoms with Gasteiger partial charge >= 0.3 is 0 Å². The highest BCUT2D eigenvalue weighted by Crippen LogP contribution is 2.46. The van der Waals surface area contributed by atoms with E-state index in [9.17, 15) is 0 Å². The van der Waals surface area contributed by atoms with Gasteiger partial charge in [-0.3, -0.25) is 0 Å². The van der Waals surface area contributed by atoms with Crippen LogP contribution in [0.25, 0.3) is 33.5 Å². The molecular weight excluding hydrogens is 629 g/mol. The summed E-state index contributed by atoms with van der Waals surface area (Å²) >= 11 is 0. The molecule has 0 amide bonds. The Kier molecular flexibility index (Phi) is 9.22. The van der Waals surface area contributed by atoms with E-state index in [1.54, 1.807) is 0 Å². The van der Waals surface area contributed by atoms with Crippen molar-refractivity contribution in [2.24, 2.45) is 17.8 Å². The van der Waals surface area contributed by atoms with Gasteiger partial charge in [-0.15, -0.1) is 0 Å². The van der Waals surface area contributed by atoms with E-state index in [2.05, 4.69) is 172 Å². The summed E-state index contributed by atoms with van der Waals surface area (Å²) in [6.45, 7) is 10.7. The van der Waals surface area contributed by atoms with Crippen molar-refractivity contribution < 1.29 is 0 Å². The highest BCUT2D eigenvalue weighted by Gasteiger charge is 2.33. The second kappa shape index (κ2) is 14.4. The van der Waals surface area contributed by atoms with Crippen molar-refractivity contribution in [1.82, 2.24) is 9.97 Å². The molecule has 4 aliphatic rings. The lowest BCUT2D eigenvalue weighted by atomic mass is 9.68. The first-order valence-electron chi connectivity index (χ1n) is 18.5. The molecule has 0 N–H and O–H groups in total. The van der Waals surface area contributed by atoms with Gasteiger partial charge in [0.25, 0.3) is 0 Å². The first kappa shape index (κ1) is 33.3. The largest absolute Gasteiger partial charge is 0.233 e. The van der Waals surface area contributed by atoms with Gasteiger partial charge in [-0.05, 0) is 94.0 Å². The van der Waals surface area contributed by atoms with Crippen molar-refractivity contribution in [3.05, 3.63) is 215 Å². The fraction of sp³-hybridized carbons (Fsp3) is 0.160. The van der Waals surface area contributed by atoms with Crippen molar-refractivity contribution in [1.29, 1.82) is 0 Å². The number of hydrogen-bond donors (Lipinski definition) is 0. The molecule has 1 aromatic heterocycles. The standard InChI is InChI=1S/C50H44N2/c1-33(2)21-27-42-35(4)43-28-26-39(30-47(43)46-20-11-10-19-45(42)46)38-16-12-17-40(29-38)44-18-9-8-15-41(44)31-50-51-48(36-13-6-5-7-14-36)32-49(52-50)37-24-22-34(3)23-25-37/h5-22,24-30,32,34,46-47H,1,23,31H2,2-4H3/b27-21-. The second-order valence-electron chi connectivity index (χ2n) is 14.4. The molecule has 0 spiro atoms. The Morgan fingerprint density at radius 1 is 0.750 bits per heavy atom. The predicted molar refractivity (Wildman–Crippen MR) is 219 cm³/mol. The number of aromatic nitrogens is 2. The minimum atomic E-state index is 0.287. The SMILES string of the molecule is C=C(C)/C=C\C1=C2C=CC=CC2C2C=C(c3cccc(-c4ccccc4Cc4nc(C5=CCC(C)C=C5)cc(-c5ccccc5)n4)c3)C=CC2=C1C. The monoisotopic (exact) mass is 672 g/mol. The fourth-order valence-corrected chi connectivity index (χ4v) is 7.84. The van der Waals surface area contributed by atoms with Crippen LogP contribution in [0, 0.1) is 17.8 Å². The zero-order chi connectivity index (χ0) is 35.6. The molecule has 8 rings (SSSR count). The molecule has 0 saturated carbocycles. The van der Waals surface area contributed by atoms with Gasteiger partial charge in [-0.2, -0.15) is 0 Å². The lowest BCUT2D eigenvalue weighted by molar-refractivity contribution is 0.605. The van der Waals surface area contributed by atoms with Crippen molar-refractivity contribution in [3.8, 4) is 22.4 Å². The second-order valence-corrected chi connectivity index (χ2v) is 14.4. The Morgan fingerprint density at radius 3 is 2.37 bits per heavy atom. The highest BCUT2D eigenvalue weighted by atomic mass is 14.9. The smallest absolute Gasteiger partial charge is 0.134 e. The molecule has 2 heteroatoms. The van der Waals surface area contributed by atoms with Crippen LogP contribution in [-0.4, -0.2) is 9.97 Å². The Bertz CT molecular complexity index is 2350. The van der Waals surface area contributed by atoms with Crippen molar-refractivity contribution in [2.75, 3.05) is 0 Å². The highest BCUT2D eigenvalue weighted by molar-refractivity contribution is 5.82. The summed E-state index contributed by atoms with van der Waals surface area (Å²) in [6, 6.07) is 30.3. The molecular formula is C50H44N2. The molecule has 0 aliphatic heterocycles. The fourth-order valence-electron chi connectivity index (χ4n) is 7.84. The van der Waals surface area contributed by atoms with Crippen LogP contribution in [0.15, 0.2) is 192 Å².